The monoisotopic (exact) mass is 378 g/mol. The topological polar surface area (TPSA) is 66.5 Å². The number of carbonyl (C=O) groups is 1. The Morgan fingerprint density at radius 1 is 1.33 bits per heavy atom. The lowest BCUT2D eigenvalue weighted by Crippen LogP contribution is -2.58. The van der Waals surface area contributed by atoms with Gasteiger partial charge in [0, 0.05) is 31.1 Å². The van der Waals surface area contributed by atoms with Crippen LogP contribution in [0.4, 0.5) is 4.39 Å². The van der Waals surface area contributed by atoms with Gasteiger partial charge in [-0.3, -0.25) is 4.79 Å². The van der Waals surface area contributed by atoms with Crippen molar-refractivity contribution in [3.05, 3.63) is 30.1 Å². The van der Waals surface area contributed by atoms with Crippen molar-refractivity contribution in [2.45, 2.75) is 37.8 Å². The van der Waals surface area contributed by atoms with Crippen molar-refractivity contribution in [2.75, 3.05) is 18.8 Å². The number of carbonyl (C=O) groups excluding carboxylic acids is 1. The molecule has 0 spiro atoms. The highest BCUT2D eigenvalue weighted by Crippen LogP contribution is 2.18. The SMILES string of the molecule is CC(CS(=O)(=O)c1ccc(F)cc1)C(=O)N1CCNC(C)C1C.Cl. The molecular weight excluding hydrogens is 355 g/mol. The molecule has 1 aromatic carbocycles. The van der Waals surface area contributed by atoms with Gasteiger partial charge in [0.1, 0.15) is 5.82 Å². The van der Waals surface area contributed by atoms with E-state index in [9.17, 15) is 17.6 Å². The maximum Gasteiger partial charge on any atom is 0.226 e. The molecule has 24 heavy (non-hydrogen) atoms. The summed E-state index contributed by atoms with van der Waals surface area (Å²) in [6.45, 7) is 6.86. The summed E-state index contributed by atoms with van der Waals surface area (Å²) in [5.41, 5.74) is 0. The van der Waals surface area contributed by atoms with E-state index in [0.29, 0.717) is 13.1 Å². The Morgan fingerprint density at radius 3 is 2.50 bits per heavy atom. The molecule has 0 saturated carbocycles. The van der Waals surface area contributed by atoms with E-state index in [2.05, 4.69) is 5.32 Å². The number of piperazine rings is 1. The Balaban J connectivity index is 0.00000288. The second-order valence-electron chi connectivity index (χ2n) is 6.15. The molecule has 0 radical (unpaired) electrons. The predicted molar refractivity (Wildman–Crippen MR) is 93.5 cm³/mol. The highest BCUT2D eigenvalue weighted by molar-refractivity contribution is 7.91. The van der Waals surface area contributed by atoms with Gasteiger partial charge in [-0.05, 0) is 38.1 Å². The van der Waals surface area contributed by atoms with E-state index in [1.54, 1.807) is 11.8 Å². The minimum absolute atomic E-state index is 0. The van der Waals surface area contributed by atoms with Crippen LogP contribution < -0.4 is 5.32 Å². The van der Waals surface area contributed by atoms with Gasteiger partial charge in [-0.25, -0.2) is 12.8 Å². The van der Waals surface area contributed by atoms with Crippen LogP contribution in [0.25, 0.3) is 0 Å². The lowest BCUT2D eigenvalue weighted by atomic mass is 10.0. The molecule has 1 aromatic rings. The molecule has 1 aliphatic heterocycles. The first-order valence-corrected chi connectivity index (χ1v) is 9.40. The maximum absolute atomic E-state index is 12.9. The third kappa shape index (κ3) is 4.68. The average Bonchev–Trinajstić information content (AvgIpc) is 2.49. The van der Waals surface area contributed by atoms with Crippen molar-refractivity contribution in [3.63, 3.8) is 0 Å². The number of hydrogen-bond acceptors (Lipinski definition) is 4. The molecule has 0 aromatic heterocycles. The Bertz CT molecular complexity index is 666. The minimum Gasteiger partial charge on any atom is -0.337 e. The molecule has 8 heteroatoms. The number of rotatable bonds is 4. The molecule has 136 valence electrons. The first-order valence-electron chi connectivity index (χ1n) is 7.74. The largest absolute Gasteiger partial charge is 0.337 e. The summed E-state index contributed by atoms with van der Waals surface area (Å²) in [5.74, 6) is -1.56. The first kappa shape index (κ1) is 20.9. The van der Waals surface area contributed by atoms with Crippen molar-refractivity contribution < 1.29 is 17.6 Å². The van der Waals surface area contributed by atoms with Crippen LogP contribution in [0.1, 0.15) is 20.8 Å². The summed E-state index contributed by atoms with van der Waals surface area (Å²) in [7, 11) is -3.62. The van der Waals surface area contributed by atoms with E-state index in [1.807, 2.05) is 13.8 Å². The molecular formula is C16H24ClFN2O3S. The molecule has 3 unspecified atom stereocenters. The zero-order valence-corrected chi connectivity index (χ0v) is 15.7. The third-order valence-electron chi connectivity index (χ3n) is 4.38. The summed E-state index contributed by atoms with van der Waals surface area (Å²) in [5, 5.41) is 3.29. The summed E-state index contributed by atoms with van der Waals surface area (Å²) < 4.78 is 37.7. The molecule has 1 heterocycles. The Hall–Kier alpha value is -1.18. The quantitative estimate of drug-likeness (QED) is 0.812. The van der Waals surface area contributed by atoms with Gasteiger partial charge < -0.3 is 10.2 Å². The second kappa shape index (κ2) is 8.27. The zero-order valence-electron chi connectivity index (χ0n) is 14.0. The van der Waals surface area contributed by atoms with Crippen LogP contribution in [0.2, 0.25) is 0 Å². The van der Waals surface area contributed by atoms with Crippen LogP contribution in [0.15, 0.2) is 29.2 Å². The van der Waals surface area contributed by atoms with E-state index >= 15 is 0 Å². The van der Waals surface area contributed by atoms with Gasteiger partial charge in [-0.15, -0.1) is 12.4 Å². The van der Waals surface area contributed by atoms with Crippen LogP contribution in [0.3, 0.4) is 0 Å². The molecule has 1 N–H and O–H groups in total. The molecule has 0 bridgehead atoms. The van der Waals surface area contributed by atoms with Crippen molar-refractivity contribution in [1.82, 2.24) is 10.2 Å². The lowest BCUT2D eigenvalue weighted by molar-refractivity contribution is -0.138. The maximum atomic E-state index is 12.9. The van der Waals surface area contributed by atoms with Gasteiger partial charge in [-0.1, -0.05) is 6.92 Å². The first-order chi connectivity index (χ1) is 10.7. The Labute approximate surface area is 148 Å². The number of hydrogen-bond donors (Lipinski definition) is 1. The molecule has 1 amide bonds. The molecule has 3 atom stereocenters. The fourth-order valence-corrected chi connectivity index (χ4v) is 4.33. The third-order valence-corrected chi connectivity index (χ3v) is 6.31. The van der Waals surface area contributed by atoms with Crippen LogP contribution in [-0.4, -0.2) is 50.2 Å². The number of nitrogens with zero attached hydrogens (tertiary/aromatic N) is 1. The van der Waals surface area contributed by atoms with Gasteiger partial charge in [-0.2, -0.15) is 0 Å². The summed E-state index contributed by atoms with van der Waals surface area (Å²) in [6, 6.07) is 4.88. The van der Waals surface area contributed by atoms with Crippen LogP contribution in [-0.2, 0) is 14.6 Å². The molecule has 0 aliphatic carbocycles. The number of amides is 1. The number of benzene rings is 1. The number of sulfone groups is 1. The normalized spacial score (nSPS) is 22.6. The second-order valence-corrected chi connectivity index (χ2v) is 8.19. The fourth-order valence-electron chi connectivity index (χ4n) is 2.79. The van der Waals surface area contributed by atoms with Crippen molar-refractivity contribution in [2.24, 2.45) is 5.92 Å². The van der Waals surface area contributed by atoms with Gasteiger partial charge >= 0.3 is 0 Å². The van der Waals surface area contributed by atoms with Crippen LogP contribution >= 0.6 is 12.4 Å². The molecule has 2 rings (SSSR count). The predicted octanol–water partition coefficient (Wildman–Crippen LogP) is 1.87. The molecule has 1 fully saturated rings. The van der Waals surface area contributed by atoms with E-state index in [1.165, 1.54) is 12.1 Å². The number of halogens is 2. The van der Waals surface area contributed by atoms with Gasteiger partial charge in [0.05, 0.1) is 10.6 Å². The van der Waals surface area contributed by atoms with Crippen LogP contribution in [0, 0.1) is 11.7 Å². The molecule has 1 aliphatic rings. The van der Waals surface area contributed by atoms with Gasteiger partial charge in [0.2, 0.25) is 5.91 Å². The standard InChI is InChI=1S/C16H23FN2O3S.ClH/c1-11(16(20)19-9-8-18-12(2)13(19)3)10-23(21,22)15-6-4-14(17)5-7-15;/h4-7,11-13,18H,8-10H2,1-3H3;1H. The smallest absolute Gasteiger partial charge is 0.226 e. The van der Waals surface area contributed by atoms with E-state index in [4.69, 9.17) is 0 Å². The lowest BCUT2D eigenvalue weighted by Gasteiger charge is -2.39. The highest BCUT2D eigenvalue weighted by atomic mass is 35.5. The minimum atomic E-state index is -3.62. The van der Waals surface area contributed by atoms with Gasteiger partial charge in [0.25, 0.3) is 0 Å². The van der Waals surface area contributed by atoms with Crippen molar-refractivity contribution >= 4 is 28.2 Å². The van der Waals surface area contributed by atoms with E-state index in [-0.39, 0.29) is 41.0 Å². The average molecular weight is 379 g/mol. The van der Waals surface area contributed by atoms with E-state index < -0.39 is 21.6 Å². The summed E-state index contributed by atoms with van der Waals surface area (Å²) >= 11 is 0. The zero-order chi connectivity index (χ0) is 17.2. The Kier molecular flexibility index (Phi) is 7.19. The Morgan fingerprint density at radius 2 is 1.92 bits per heavy atom. The molecule has 5 nitrogen and oxygen atoms in total. The number of nitrogens with one attached hydrogen (secondary N) is 1. The van der Waals surface area contributed by atoms with E-state index in [0.717, 1.165) is 12.1 Å². The summed E-state index contributed by atoms with van der Waals surface area (Å²) in [4.78, 5) is 14.4. The van der Waals surface area contributed by atoms with Gasteiger partial charge in [0.15, 0.2) is 9.84 Å². The van der Waals surface area contributed by atoms with Crippen LogP contribution in [0.5, 0.6) is 0 Å². The van der Waals surface area contributed by atoms with Crippen molar-refractivity contribution in [3.8, 4) is 0 Å². The highest BCUT2D eigenvalue weighted by Gasteiger charge is 2.32. The summed E-state index contributed by atoms with van der Waals surface area (Å²) in [6.07, 6.45) is 0. The fraction of sp³-hybridized carbons (Fsp3) is 0.562. The molecule has 1 saturated heterocycles. The van der Waals surface area contributed by atoms with Crippen molar-refractivity contribution in [1.29, 1.82) is 0 Å².